The van der Waals surface area contributed by atoms with Gasteiger partial charge in [-0.15, -0.1) is 0 Å². The highest BCUT2D eigenvalue weighted by Gasteiger charge is 2.46. The predicted molar refractivity (Wildman–Crippen MR) is 89.3 cm³/mol. The van der Waals surface area contributed by atoms with Crippen molar-refractivity contribution < 1.29 is 4.74 Å². The second-order valence-electron chi connectivity index (χ2n) is 7.02. The Morgan fingerprint density at radius 1 is 1.36 bits per heavy atom. The topological polar surface area (TPSA) is 38.2 Å². The molecule has 22 heavy (non-hydrogen) atoms. The summed E-state index contributed by atoms with van der Waals surface area (Å²) < 4.78 is 5.83. The molecule has 1 aromatic heterocycles. The smallest absolute Gasteiger partial charge is 0.135 e. The minimum Gasteiger partial charge on any atom is -0.381 e. The van der Waals surface area contributed by atoms with Gasteiger partial charge in [0, 0.05) is 37.4 Å². The van der Waals surface area contributed by atoms with Crippen molar-refractivity contribution in [3.8, 4) is 0 Å². The van der Waals surface area contributed by atoms with Crippen molar-refractivity contribution in [2.45, 2.75) is 64.9 Å². The molecule has 1 saturated heterocycles. The number of aryl methyl sites for hydroxylation is 2. The van der Waals surface area contributed by atoms with Crippen LogP contribution in [-0.2, 0) is 11.2 Å². The van der Waals surface area contributed by atoms with E-state index in [0.717, 1.165) is 31.8 Å². The zero-order valence-electron chi connectivity index (χ0n) is 14.3. The summed E-state index contributed by atoms with van der Waals surface area (Å²) in [6, 6.07) is 0. The molecule has 0 unspecified atom stereocenters. The largest absolute Gasteiger partial charge is 0.381 e. The molecule has 4 nitrogen and oxygen atoms in total. The summed E-state index contributed by atoms with van der Waals surface area (Å²) in [4.78, 5) is 11.7. The third-order valence-electron chi connectivity index (χ3n) is 5.50. The molecule has 0 bridgehead atoms. The van der Waals surface area contributed by atoms with Gasteiger partial charge in [0.1, 0.15) is 11.6 Å². The van der Waals surface area contributed by atoms with Crippen molar-refractivity contribution >= 4 is 5.82 Å². The molecule has 2 heterocycles. The van der Waals surface area contributed by atoms with Crippen LogP contribution < -0.4 is 4.90 Å². The van der Waals surface area contributed by atoms with E-state index in [1.165, 1.54) is 43.5 Å². The summed E-state index contributed by atoms with van der Waals surface area (Å²) in [6.45, 7) is 6.43. The Bertz CT molecular complexity index is 519. The fourth-order valence-corrected chi connectivity index (χ4v) is 4.48. The van der Waals surface area contributed by atoms with Crippen molar-refractivity contribution in [1.82, 2.24) is 9.97 Å². The molecule has 0 amide bonds. The number of anilines is 1. The van der Waals surface area contributed by atoms with Crippen LogP contribution in [0.5, 0.6) is 0 Å². The van der Waals surface area contributed by atoms with E-state index in [1.807, 2.05) is 20.2 Å². The van der Waals surface area contributed by atoms with Crippen molar-refractivity contribution in [2.75, 3.05) is 25.1 Å². The first kappa shape index (κ1) is 15.7. The average molecular weight is 303 g/mol. The van der Waals surface area contributed by atoms with Crippen LogP contribution in [0.1, 0.15) is 56.8 Å². The number of methoxy groups -OCH3 is 1. The fraction of sp³-hybridized carbons (Fsp3) is 0.778. The third kappa shape index (κ3) is 2.85. The Balaban J connectivity index is 1.87. The van der Waals surface area contributed by atoms with Gasteiger partial charge >= 0.3 is 0 Å². The molecule has 1 aromatic rings. The summed E-state index contributed by atoms with van der Waals surface area (Å²) in [5, 5.41) is 0. The van der Waals surface area contributed by atoms with Crippen molar-refractivity contribution in [1.29, 1.82) is 0 Å². The van der Waals surface area contributed by atoms with Crippen LogP contribution in [0.2, 0.25) is 0 Å². The molecule has 1 saturated carbocycles. The van der Waals surface area contributed by atoms with Gasteiger partial charge < -0.3 is 9.64 Å². The van der Waals surface area contributed by atoms with E-state index in [9.17, 15) is 0 Å². The Labute approximate surface area is 134 Å². The van der Waals surface area contributed by atoms with Crippen LogP contribution >= 0.6 is 0 Å². The summed E-state index contributed by atoms with van der Waals surface area (Å²) in [7, 11) is 1.88. The standard InChI is InChI=1S/C18H29N3O/c1-4-7-15-12-19-14(2)20-17(15)21-11-6-10-18(13-21)9-5-8-16(18)22-3/h12,16H,4-11,13H2,1-3H3/t16-,18-/m1/s1. The zero-order chi connectivity index (χ0) is 15.6. The molecule has 1 aliphatic heterocycles. The van der Waals surface area contributed by atoms with Gasteiger partial charge in [-0.3, -0.25) is 0 Å². The second-order valence-corrected chi connectivity index (χ2v) is 7.02. The number of hydrogen-bond acceptors (Lipinski definition) is 4. The van der Waals surface area contributed by atoms with Crippen molar-refractivity contribution in [2.24, 2.45) is 5.41 Å². The van der Waals surface area contributed by atoms with Crippen molar-refractivity contribution in [3.63, 3.8) is 0 Å². The number of piperidine rings is 1. The van der Waals surface area contributed by atoms with E-state index in [2.05, 4.69) is 16.8 Å². The molecule has 2 fully saturated rings. The molecule has 2 aliphatic rings. The van der Waals surface area contributed by atoms with Crippen LogP contribution in [0, 0.1) is 12.3 Å². The Morgan fingerprint density at radius 2 is 2.18 bits per heavy atom. The Kier molecular flexibility index (Phi) is 4.67. The maximum Gasteiger partial charge on any atom is 0.135 e. The van der Waals surface area contributed by atoms with Gasteiger partial charge in [-0.25, -0.2) is 9.97 Å². The maximum atomic E-state index is 5.83. The van der Waals surface area contributed by atoms with Gasteiger partial charge in [0.05, 0.1) is 6.10 Å². The Hall–Kier alpha value is -1.16. The van der Waals surface area contributed by atoms with Crippen LogP contribution in [0.4, 0.5) is 5.82 Å². The third-order valence-corrected chi connectivity index (χ3v) is 5.50. The van der Waals surface area contributed by atoms with Gasteiger partial charge in [0.2, 0.25) is 0 Å². The van der Waals surface area contributed by atoms with Gasteiger partial charge in [0.15, 0.2) is 0 Å². The lowest BCUT2D eigenvalue weighted by atomic mass is 9.76. The quantitative estimate of drug-likeness (QED) is 0.853. The maximum absolute atomic E-state index is 5.83. The van der Waals surface area contributed by atoms with E-state index in [0.29, 0.717) is 11.5 Å². The van der Waals surface area contributed by atoms with Gasteiger partial charge in [-0.05, 0) is 39.0 Å². The SMILES string of the molecule is CCCc1cnc(C)nc1N1CCC[C@]2(CCC[C@H]2OC)C1. The number of rotatable bonds is 4. The van der Waals surface area contributed by atoms with Crippen LogP contribution in [0.15, 0.2) is 6.20 Å². The fourth-order valence-electron chi connectivity index (χ4n) is 4.48. The van der Waals surface area contributed by atoms with E-state index < -0.39 is 0 Å². The number of ether oxygens (including phenoxy) is 1. The molecule has 0 radical (unpaired) electrons. The number of hydrogen-bond donors (Lipinski definition) is 0. The van der Waals surface area contributed by atoms with Gasteiger partial charge in [-0.2, -0.15) is 0 Å². The van der Waals surface area contributed by atoms with Crippen LogP contribution in [0.3, 0.4) is 0 Å². The molecule has 4 heteroatoms. The molecule has 1 spiro atoms. The molecule has 122 valence electrons. The summed E-state index contributed by atoms with van der Waals surface area (Å²) in [5.41, 5.74) is 1.65. The van der Waals surface area contributed by atoms with E-state index in [4.69, 9.17) is 9.72 Å². The molecule has 2 atom stereocenters. The first-order valence-electron chi connectivity index (χ1n) is 8.79. The molecular formula is C18H29N3O. The lowest BCUT2D eigenvalue weighted by Gasteiger charge is -2.44. The molecule has 0 aromatic carbocycles. The van der Waals surface area contributed by atoms with Crippen LogP contribution in [-0.4, -0.2) is 36.3 Å². The van der Waals surface area contributed by atoms with Gasteiger partial charge in [0.25, 0.3) is 0 Å². The highest BCUT2D eigenvalue weighted by atomic mass is 16.5. The molecule has 1 aliphatic carbocycles. The van der Waals surface area contributed by atoms with Crippen molar-refractivity contribution in [3.05, 3.63) is 17.6 Å². The molecule has 0 N–H and O–H groups in total. The molecule has 3 rings (SSSR count). The first-order chi connectivity index (χ1) is 10.7. The normalized spacial score (nSPS) is 28.5. The highest BCUT2D eigenvalue weighted by Crippen LogP contribution is 2.47. The summed E-state index contributed by atoms with van der Waals surface area (Å²) in [5.74, 6) is 2.05. The van der Waals surface area contributed by atoms with Crippen LogP contribution in [0.25, 0.3) is 0 Å². The Morgan fingerprint density at radius 3 is 2.95 bits per heavy atom. The highest BCUT2D eigenvalue weighted by molar-refractivity contribution is 5.47. The predicted octanol–water partition coefficient (Wildman–Crippen LogP) is 3.52. The lowest BCUT2D eigenvalue weighted by molar-refractivity contribution is 0.00213. The summed E-state index contributed by atoms with van der Waals surface area (Å²) in [6.07, 6.45) is 11.0. The number of nitrogens with zero attached hydrogens (tertiary/aromatic N) is 3. The van der Waals surface area contributed by atoms with E-state index >= 15 is 0 Å². The minimum absolute atomic E-state index is 0.343. The van der Waals surface area contributed by atoms with E-state index in [1.54, 1.807) is 0 Å². The minimum atomic E-state index is 0.343. The average Bonchev–Trinajstić information content (AvgIpc) is 2.91. The van der Waals surface area contributed by atoms with E-state index in [-0.39, 0.29) is 0 Å². The summed E-state index contributed by atoms with van der Waals surface area (Å²) >= 11 is 0. The first-order valence-corrected chi connectivity index (χ1v) is 8.79. The number of aromatic nitrogens is 2. The lowest BCUT2D eigenvalue weighted by Crippen LogP contribution is -2.48. The second kappa shape index (κ2) is 6.53. The monoisotopic (exact) mass is 303 g/mol. The van der Waals surface area contributed by atoms with Gasteiger partial charge in [-0.1, -0.05) is 19.8 Å². The molecular weight excluding hydrogens is 274 g/mol. The zero-order valence-corrected chi connectivity index (χ0v) is 14.3.